The molecule has 29 heavy (non-hydrogen) atoms. The van der Waals surface area contributed by atoms with E-state index in [1.54, 1.807) is 5.01 Å². The van der Waals surface area contributed by atoms with Gasteiger partial charge in [-0.15, -0.1) is 0 Å². The van der Waals surface area contributed by atoms with Crippen molar-refractivity contribution in [2.75, 3.05) is 17.0 Å². The number of fused-ring (bicyclic) bond motifs is 1. The maximum absolute atomic E-state index is 13.4. The molecule has 2 aromatic carbocycles. The smallest absolute Gasteiger partial charge is 0.306 e. The molecular weight excluding hydrogens is 364 g/mol. The quantitative estimate of drug-likeness (QED) is 0.480. The molecule has 5 heteroatoms. The van der Waals surface area contributed by atoms with Crippen LogP contribution in [0.25, 0.3) is 0 Å². The number of unbranched alkanes of at least 4 members (excludes halogenated alkanes) is 1. The summed E-state index contributed by atoms with van der Waals surface area (Å²) in [6, 6.07) is 13.9. The molecular formula is C24H30N2O3. The Morgan fingerprint density at radius 3 is 2.48 bits per heavy atom. The number of hydrazine groups is 1. The molecule has 1 atom stereocenters. The predicted octanol–water partition coefficient (Wildman–Crippen LogP) is 5.00. The molecule has 1 aliphatic rings. The van der Waals surface area contributed by atoms with Gasteiger partial charge in [-0.1, -0.05) is 63.6 Å². The topological polar surface area (TPSA) is 58.6 Å². The van der Waals surface area contributed by atoms with E-state index < -0.39 is 5.92 Å². The number of benzene rings is 2. The van der Waals surface area contributed by atoms with Crippen molar-refractivity contribution in [2.24, 2.45) is 0 Å². The third-order valence-corrected chi connectivity index (χ3v) is 5.41. The van der Waals surface area contributed by atoms with Gasteiger partial charge in [0.1, 0.15) is 0 Å². The van der Waals surface area contributed by atoms with Crippen molar-refractivity contribution >= 4 is 23.3 Å². The van der Waals surface area contributed by atoms with Gasteiger partial charge in [-0.25, -0.2) is 5.01 Å². The van der Waals surface area contributed by atoms with Gasteiger partial charge in [-0.3, -0.25) is 15.0 Å². The van der Waals surface area contributed by atoms with E-state index in [2.05, 4.69) is 32.3 Å². The monoisotopic (exact) mass is 394 g/mol. The van der Waals surface area contributed by atoms with Crippen LogP contribution in [0.3, 0.4) is 0 Å². The zero-order valence-corrected chi connectivity index (χ0v) is 17.5. The van der Waals surface area contributed by atoms with Crippen LogP contribution in [0.2, 0.25) is 0 Å². The van der Waals surface area contributed by atoms with Crippen LogP contribution in [0, 0.1) is 0 Å². The number of esters is 1. The molecule has 5 nitrogen and oxygen atoms in total. The fraction of sp³-hybridized carbons (Fsp3) is 0.417. The Kier molecular flexibility index (Phi) is 6.91. The summed E-state index contributed by atoms with van der Waals surface area (Å²) in [5.74, 6) is -0.952. The van der Waals surface area contributed by atoms with Gasteiger partial charge in [0, 0.05) is 0 Å². The Hall–Kier alpha value is -2.82. The van der Waals surface area contributed by atoms with Gasteiger partial charge in [0.25, 0.3) is 5.91 Å². The van der Waals surface area contributed by atoms with Crippen LogP contribution in [0.1, 0.15) is 62.6 Å². The van der Waals surface area contributed by atoms with Crippen molar-refractivity contribution in [2.45, 2.75) is 58.8 Å². The largest absolute Gasteiger partial charge is 0.466 e. The van der Waals surface area contributed by atoms with E-state index in [9.17, 15) is 9.59 Å². The lowest BCUT2D eigenvalue weighted by molar-refractivity contribution is -0.145. The second kappa shape index (κ2) is 9.59. The molecule has 3 rings (SSSR count). The summed E-state index contributed by atoms with van der Waals surface area (Å²) in [6.45, 7) is 6.62. The summed E-state index contributed by atoms with van der Waals surface area (Å²) in [5.41, 5.74) is 8.22. The van der Waals surface area contributed by atoms with Crippen LogP contribution in [-0.4, -0.2) is 18.5 Å². The molecule has 0 fully saturated rings. The molecule has 154 valence electrons. The van der Waals surface area contributed by atoms with Gasteiger partial charge in [0.2, 0.25) is 0 Å². The van der Waals surface area contributed by atoms with Gasteiger partial charge >= 0.3 is 5.97 Å². The number of hydrogen-bond donors (Lipinski definition) is 1. The van der Waals surface area contributed by atoms with Crippen molar-refractivity contribution in [1.82, 2.24) is 0 Å². The summed E-state index contributed by atoms with van der Waals surface area (Å²) in [4.78, 5) is 25.7. The molecule has 0 saturated heterocycles. The lowest BCUT2D eigenvalue weighted by atomic mass is 9.95. The van der Waals surface area contributed by atoms with Gasteiger partial charge in [0.05, 0.1) is 30.3 Å². The van der Waals surface area contributed by atoms with E-state index in [1.165, 1.54) is 0 Å². The Morgan fingerprint density at radius 2 is 1.76 bits per heavy atom. The van der Waals surface area contributed by atoms with Gasteiger partial charge in [-0.2, -0.15) is 0 Å². The summed E-state index contributed by atoms with van der Waals surface area (Å²) in [6.07, 6.45) is 3.53. The van der Waals surface area contributed by atoms with Crippen molar-refractivity contribution in [1.29, 1.82) is 0 Å². The minimum absolute atomic E-state index is 0.0658. The fourth-order valence-electron chi connectivity index (χ4n) is 3.77. The van der Waals surface area contributed by atoms with Crippen LogP contribution in [0.5, 0.6) is 0 Å². The number of para-hydroxylation sites is 2. The van der Waals surface area contributed by atoms with Gasteiger partial charge in [-0.05, 0) is 42.0 Å². The third-order valence-electron chi connectivity index (χ3n) is 5.41. The Bertz CT molecular complexity index is 878. The molecule has 1 heterocycles. The van der Waals surface area contributed by atoms with Crippen molar-refractivity contribution < 1.29 is 14.3 Å². The zero-order valence-electron chi connectivity index (χ0n) is 17.5. The van der Waals surface area contributed by atoms with Crippen molar-refractivity contribution in [3.8, 4) is 0 Å². The SMILES string of the molecule is CCCCOC(=O)CC1C(=O)N(Nc2ccccc2CC)c2c(CC)cccc21. The lowest BCUT2D eigenvalue weighted by Crippen LogP contribution is -2.35. The van der Waals surface area contributed by atoms with E-state index in [4.69, 9.17) is 4.74 Å². The number of rotatable bonds is 9. The van der Waals surface area contributed by atoms with Crippen LogP contribution < -0.4 is 10.4 Å². The van der Waals surface area contributed by atoms with E-state index in [0.29, 0.717) is 6.61 Å². The molecule has 1 N–H and O–H groups in total. The van der Waals surface area contributed by atoms with E-state index in [0.717, 1.165) is 53.7 Å². The fourth-order valence-corrected chi connectivity index (χ4v) is 3.77. The minimum atomic E-state index is -0.521. The summed E-state index contributed by atoms with van der Waals surface area (Å²) >= 11 is 0. The molecule has 0 spiro atoms. The van der Waals surface area contributed by atoms with Crippen LogP contribution in [-0.2, 0) is 27.2 Å². The molecule has 0 radical (unpaired) electrons. The Labute approximate surface area is 173 Å². The number of nitrogens with one attached hydrogen (secondary N) is 1. The second-order valence-electron chi connectivity index (χ2n) is 7.34. The van der Waals surface area contributed by atoms with Crippen LogP contribution in [0.4, 0.5) is 11.4 Å². The number of carbonyl (C=O) groups excluding carboxylic acids is 2. The highest BCUT2D eigenvalue weighted by molar-refractivity contribution is 6.08. The summed E-state index contributed by atoms with van der Waals surface area (Å²) in [5, 5.41) is 1.63. The summed E-state index contributed by atoms with van der Waals surface area (Å²) in [7, 11) is 0. The normalized spacial score (nSPS) is 15.3. The number of nitrogens with zero attached hydrogens (tertiary/aromatic N) is 1. The average molecular weight is 395 g/mol. The maximum Gasteiger partial charge on any atom is 0.306 e. The highest BCUT2D eigenvalue weighted by Gasteiger charge is 2.40. The Morgan fingerprint density at radius 1 is 1.03 bits per heavy atom. The first kappa shape index (κ1) is 20.9. The maximum atomic E-state index is 13.4. The number of ether oxygens (including phenoxy) is 1. The van der Waals surface area contributed by atoms with Gasteiger partial charge < -0.3 is 4.74 Å². The second-order valence-corrected chi connectivity index (χ2v) is 7.34. The third kappa shape index (κ3) is 4.44. The lowest BCUT2D eigenvalue weighted by Gasteiger charge is -2.23. The number of amides is 1. The van der Waals surface area contributed by atoms with E-state index >= 15 is 0 Å². The standard InChI is InChI=1S/C24H30N2O3/c1-4-7-15-29-22(27)16-20-19-13-10-12-18(6-3)23(19)26(24(20)28)25-21-14-9-8-11-17(21)5-2/h8-14,20,25H,4-7,15-16H2,1-3H3. The van der Waals surface area contributed by atoms with Gasteiger partial charge in [0.15, 0.2) is 0 Å². The number of aryl methyl sites for hydroxylation is 2. The molecule has 2 aromatic rings. The first-order valence-electron chi connectivity index (χ1n) is 10.6. The first-order valence-corrected chi connectivity index (χ1v) is 10.6. The number of hydrogen-bond acceptors (Lipinski definition) is 4. The molecule has 0 aliphatic carbocycles. The summed E-state index contributed by atoms with van der Waals surface area (Å²) < 4.78 is 5.32. The molecule has 1 aliphatic heterocycles. The first-order chi connectivity index (χ1) is 14.1. The predicted molar refractivity (Wildman–Crippen MR) is 116 cm³/mol. The number of carbonyl (C=O) groups is 2. The molecule has 1 amide bonds. The molecule has 0 aromatic heterocycles. The zero-order chi connectivity index (χ0) is 20.8. The van der Waals surface area contributed by atoms with Crippen molar-refractivity contribution in [3.05, 3.63) is 59.2 Å². The minimum Gasteiger partial charge on any atom is -0.466 e. The van der Waals surface area contributed by atoms with Crippen molar-refractivity contribution in [3.63, 3.8) is 0 Å². The van der Waals surface area contributed by atoms with E-state index in [-0.39, 0.29) is 18.3 Å². The highest BCUT2D eigenvalue weighted by Crippen LogP contribution is 2.42. The highest BCUT2D eigenvalue weighted by atomic mass is 16.5. The molecule has 0 bridgehead atoms. The van der Waals surface area contributed by atoms with Crippen LogP contribution >= 0.6 is 0 Å². The Balaban J connectivity index is 1.90. The average Bonchev–Trinajstić information content (AvgIpc) is 3.00. The van der Waals surface area contributed by atoms with Crippen LogP contribution in [0.15, 0.2) is 42.5 Å². The molecule has 1 unspecified atom stereocenters. The molecule has 0 saturated carbocycles. The van der Waals surface area contributed by atoms with E-state index in [1.807, 2.05) is 36.4 Å². The number of anilines is 2.